The van der Waals surface area contributed by atoms with Crippen molar-refractivity contribution in [2.75, 3.05) is 0 Å². The van der Waals surface area contributed by atoms with Crippen LogP contribution in [0.15, 0.2) is 48.5 Å². The molecule has 1 atom stereocenters. The lowest BCUT2D eigenvalue weighted by molar-refractivity contribution is 0.199. The molecule has 0 aliphatic rings. The second-order valence-electron chi connectivity index (χ2n) is 6.09. The number of ether oxygens (including phenoxy) is 1. The highest BCUT2D eigenvalue weighted by molar-refractivity contribution is 5.42. The summed E-state index contributed by atoms with van der Waals surface area (Å²) in [7, 11) is 0. The van der Waals surface area contributed by atoms with Crippen LogP contribution in [-0.2, 0) is 5.41 Å². The van der Waals surface area contributed by atoms with Crippen molar-refractivity contribution in [1.82, 2.24) is 0 Å². The van der Waals surface area contributed by atoms with Gasteiger partial charge in [0.1, 0.15) is 11.5 Å². The molecule has 2 aromatic carbocycles. The molecule has 0 unspecified atom stereocenters. The minimum atomic E-state index is -0.453. The van der Waals surface area contributed by atoms with Crippen molar-refractivity contribution in [3.05, 3.63) is 59.7 Å². The molecule has 0 radical (unpaired) electrons. The van der Waals surface area contributed by atoms with E-state index in [-0.39, 0.29) is 5.41 Å². The lowest BCUT2D eigenvalue weighted by atomic mass is 9.86. The molecular weight excluding hydrogens is 248 g/mol. The third-order valence-corrected chi connectivity index (χ3v) is 3.29. The topological polar surface area (TPSA) is 29.5 Å². The smallest absolute Gasteiger partial charge is 0.131 e. The summed E-state index contributed by atoms with van der Waals surface area (Å²) in [6.07, 6.45) is -0.453. The van der Waals surface area contributed by atoms with Gasteiger partial charge >= 0.3 is 0 Å². The fourth-order valence-electron chi connectivity index (χ4n) is 2.12. The molecule has 20 heavy (non-hydrogen) atoms. The molecule has 2 aromatic rings. The van der Waals surface area contributed by atoms with Gasteiger partial charge in [-0.15, -0.1) is 0 Å². The van der Waals surface area contributed by atoms with Crippen molar-refractivity contribution in [2.45, 2.75) is 39.2 Å². The minimum Gasteiger partial charge on any atom is -0.457 e. The third kappa shape index (κ3) is 3.40. The van der Waals surface area contributed by atoms with E-state index in [0.29, 0.717) is 0 Å². The van der Waals surface area contributed by atoms with Gasteiger partial charge < -0.3 is 9.84 Å². The van der Waals surface area contributed by atoms with Gasteiger partial charge in [0.15, 0.2) is 0 Å². The molecule has 2 nitrogen and oxygen atoms in total. The molecule has 0 fully saturated rings. The van der Waals surface area contributed by atoms with Crippen molar-refractivity contribution in [3.63, 3.8) is 0 Å². The van der Waals surface area contributed by atoms with Crippen molar-refractivity contribution in [3.8, 4) is 11.5 Å². The minimum absolute atomic E-state index is 0.0378. The van der Waals surface area contributed by atoms with E-state index in [2.05, 4.69) is 26.8 Å². The van der Waals surface area contributed by atoms with Gasteiger partial charge in [0.2, 0.25) is 0 Å². The summed E-state index contributed by atoms with van der Waals surface area (Å²) in [5.74, 6) is 1.66. The number of aliphatic hydroxyl groups excluding tert-OH is 1. The molecule has 0 aliphatic heterocycles. The predicted octanol–water partition coefficient (Wildman–Crippen LogP) is 4.83. The van der Waals surface area contributed by atoms with E-state index in [1.165, 1.54) is 5.56 Å². The monoisotopic (exact) mass is 270 g/mol. The molecule has 0 aliphatic carbocycles. The zero-order chi connectivity index (χ0) is 14.8. The lowest BCUT2D eigenvalue weighted by Gasteiger charge is -2.22. The first-order chi connectivity index (χ1) is 9.38. The van der Waals surface area contributed by atoms with Crippen LogP contribution in [0, 0.1) is 0 Å². The van der Waals surface area contributed by atoms with E-state index < -0.39 is 6.10 Å². The molecule has 0 aromatic heterocycles. The van der Waals surface area contributed by atoms with E-state index in [9.17, 15) is 5.11 Å². The van der Waals surface area contributed by atoms with Gasteiger partial charge in [-0.1, -0.05) is 51.1 Å². The number of aliphatic hydroxyl groups is 1. The summed E-state index contributed by atoms with van der Waals surface area (Å²) in [5, 5.41) is 9.51. The summed E-state index contributed by atoms with van der Waals surface area (Å²) in [6.45, 7) is 8.27. The Morgan fingerprint density at radius 2 is 1.55 bits per heavy atom. The normalized spacial score (nSPS) is 13.1. The maximum atomic E-state index is 9.51. The lowest BCUT2D eigenvalue weighted by Crippen LogP contribution is -2.12. The molecule has 1 N–H and O–H groups in total. The predicted molar refractivity (Wildman–Crippen MR) is 82.3 cm³/mol. The second-order valence-corrected chi connectivity index (χ2v) is 6.09. The largest absolute Gasteiger partial charge is 0.457 e. The van der Waals surface area contributed by atoms with Gasteiger partial charge in [-0.25, -0.2) is 0 Å². The van der Waals surface area contributed by atoms with E-state index in [0.717, 1.165) is 17.1 Å². The highest BCUT2D eigenvalue weighted by atomic mass is 16.5. The van der Waals surface area contributed by atoms with Crippen LogP contribution in [0.4, 0.5) is 0 Å². The number of hydrogen-bond acceptors (Lipinski definition) is 2. The van der Waals surface area contributed by atoms with Crippen LogP contribution in [0.2, 0.25) is 0 Å². The first kappa shape index (κ1) is 14.6. The molecule has 0 spiro atoms. The number of rotatable bonds is 3. The Kier molecular flexibility index (Phi) is 4.15. The second kappa shape index (κ2) is 5.68. The van der Waals surface area contributed by atoms with Gasteiger partial charge in [0.25, 0.3) is 0 Å². The fourth-order valence-corrected chi connectivity index (χ4v) is 2.12. The van der Waals surface area contributed by atoms with Crippen LogP contribution in [0.5, 0.6) is 11.5 Å². The zero-order valence-electron chi connectivity index (χ0n) is 12.6. The first-order valence-corrected chi connectivity index (χ1v) is 6.93. The maximum Gasteiger partial charge on any atom is 0.131 e. The van der Waals surface area contributed by atoms with Crippen LogP contribution in [0.3, 0.4) is 0 Å². The Balaban J connectivity index is 2.26. The molecule has 0 heterocycles. The third-order valence-electron chi connectivity index (χ3n) is 3.29. The van der Waals surface area contributed by atoms with E-state index in [1.807, 2.05) is 42.5 Å². The number of benzene rings is 2. The van der Waals surface area contributed by atoms with E-state index in [4.69, 9.17) is 4.74 Å². The van der Waals surface area contributed by atoms with E-state index >= 15 is 0 Å². The van der Waals surface area contributed by atoms with Crippen molar-refractivity contribution in [2.24, 2.45) is 0 Å². The molecule has 0 amide bonds. The Morgan fingerprint density at radius 3 is 2.10 bits per heavy atom. The van der Waals surface area contributed by atoms with Crippen LogP contribution >= 0.6 is 0 Å². The van der Waals surface area contributed by atoms with Crippen LogP contribution in [0.25, 0.3) is 0 Å². The molecule has 2 heteroatoms. The van der Waals surface area contributed by atoms with Gasteiger partial charge in [-0.05, 0) is 36.1 Å². The summed E-state index contributed by atoms with van der Waals surface area (Å²) < 4.78 is 5.99. The first-order valence-electron chi connectivity index (χ1n) is 6.93. The average molecular weight is 270 g/mol. The Labute approximate surface area is 121 Å². The molecule has 0 saturated carbocycles. The molecule has 0 saturated heterocycles. The van der Waals surface area contributed by atoms with Crippen LogP contribution < -0.4 is 4.74 Å². The standard InChI is InChI=1S/C18H22O2/c1-13(19)14-9-11-15(12-10-14)20-17-8-6-5-7-16(17)18(2,3)4/h5-13,19H,1-4H3/t13-/m0/s1. The summed E-state index contributed by atoms with van der Waals surface area (Å²) >= 11 is 0. The molecule has 106 valence electrons. The quantitative estimate of drug-likeness (QED) is 0.865. The maximum absolute atomic E-state index is 9.51. The highest BCUT2D eigenvalue weighted by Gasteiger charge is 2.18. The SMILES string of the molecule is C[C@H](O)c1ccc(Oc2ccccc2C(C)(C)C)cc1. The zero-order valence-corrected chi connectivity index (χ0v) is 12.6. The Hall–Kier alpha value is -1.80. The van der Waals surface area contributed by atoms with E-state index in [1.54, 1.807) is 6.92 Å². The summed E-state index contributed by atoms with van der Waals surface area (Å²) in [4.78, 5) is 0. The summed E-state index contributed by atoms with van der Waals surface area (Å²) in [6, 6.07) is 15.7. The average Bonchev–Trinajstić information content (AvgIpc) is 2.38. The Bertz CT molecular complexity index is 563. The number of para-hydroxylation sites is 1. The molecule has 2 rings (SSSR count). The number of hydrogen-bond donors (Lipinski definition) is 1. The fraction of sp³-hybridized carbons (Fsp3) is 0.333. The van der Waals surface area contributed by atoms with Gasteiger partial charge in [0, 0.05) is 5.56 Å². The van der Waals surface area contributed by atoms with Crippen LogP contribution in [0.1, 0.15) is 44.9 Å². The van der Waals surface area contributed by atoms with Gasteiger partial charge in [-0.3, -0.25) is 0 Å². The van der Waals surface area contributed by atoms with Gasteiger partial charge in [-0.2, -0.15) is 0 Å². The van der Waals surface area contributed by atoms with Crippen molar-refractivity contribution in [1.29, 1.82) is 0 Å². The summed E-state index contributed by atoms with van der Waals surface area (Å²) in [5.41, 5.74) is 2.11. The van der Waals surface area contributed by atoms with Crippen molar-refractivity contribution >= 4 is 0 Å². The highest BCUT2D eigenvalue weighted by Crippen LogP contribution is 2.34. The molecule has 0 bridgehead atoms. The van der Waals surface area contributed by atoms with Crippen molar-refractivity contribution < 1.29 is 9.84 Å². The van der Waals surface area contributed by atoms with Crippen LogP contribution in [-0.4, -0.2) is 5.11 Å². The van der Waals surface area contributed by atoms with Gasteiger partial charge in [0.05, 0.1) is 6.10 Å². The molecular formula is C18H22O2. The Morgan fingerprint density at radius 1 is 0.950 bits per heavy atom.